The minimum Gasteiger partial charge on any atom is -0.598 e. The maximum atomic E-state index is 14.5. The first-order valence-electron chi connectivity index (χ1n) is 6.64. The van der Waals surface area contributed by atoms with E-state index in [2.05, 4.69) is 4.72 Å². The van der Waals surface area contributed by atoms with Gasteiger partial charge in [0.1, 0.15) is 10.6 Å². The maximum absolute atomic E-state index is 14.5. The van der Waals surface area contributed by atoms with Gasteiger partial charge in [-0.2, -0.15) is 0 Å². The number of aliphatic hydroxyl groups is 1. The van der Waals surface area contributed by atoms with Crippen molar-refractivity contribution in [2.75, 3.05) is 0 Å². The summed E-state index contributed by atoms with van der Waals surface area (Å²) in [5, 5.41) is 9.97. The Balaban J connectivity index is 3.03. The van der Waals surface area contributed by atoms with Crippen LogP contribution in [0, 0.1) is 5.82 Å². The summed E-state index contributed by atoms with van der Waals surface area (Å²) in [4.78, 5) is 0. The van der Waals surface area contributed by atoms with Crippen LogP contribution in [0.2, 0.25) is 0 Å². The first-order valence-corrected chi connectivity index (χ1v) is 7.79. The van der Waals surface area contributed by atoms with Crippen molar-refractivity contribution in [3.63, 3.8) is 0 Å². The monoisotopic (exact) mass is 301 g/mol. The van der Waals surface area contributed by atoms with Gasteiger partial charge in [-0.25, -0.2) is 4.39 Å². The summed E-state index contributed by atoms with van der Waals surface area (Å²) < 4.78 is 29.0. The van der Waals surface area contributed by atoms with Crippen molar-refractivity contribution >= 4 is 11.4 Å². The van der Waals surface area contributed by atoms with Crippen LogP contribution in [0.4, 0.5) is 4.39 Å². The average molecular weight is 301 g/mol. The van der Waals surface area contributed by atoms with Crippen molar-refractivity contribution in [3.05, 3.63) is 35.1 Å². The molecule has 1 aromatic carbocycles. The zero-order chi connectivity index (χ0) is 15.7. The third-order valence-corrected chi connectivity index (χ3v) is 4.67. The lowest BCUT2D eigenvalue weighted by atomic mass is 9.94. The Hall–Kier alpha value is -0.620. The van der Waals surface area contributed by atoms with Gasteiger partial charge in [0, 0.05) is 22.5 Å². The fourth-order valence-corrected chi connectivity index (χ4v) is 2.56. The third kappa shape index (κ3) is 4.19. The smallest absolute Gasteiger partial charge is 0.136 e. The quantitative estimate of drug-likeness (QED) is 0.840. The van der Waals surface area contributed by atoms with Crippen LogP contribution < -0.4 is 4.72 Å². The molecule has 3 nitrogen and oxygen atoms in total. The molecule has 0 unspecified atom stereocenters. The Labute approximate surface area is 123 Å². The summed E-state index contributed by atoms with van der Waals surface area (Å²) in [6.07, 6.45) is 0. The van der Waals surface area contributed by atoms with Crippen molar-refractivity contribution in [2.24, 2.45) is 0 Å². The number of rotatable bonds is 4. The number of hydrogen-bond acceptors (Lipinski definition) is 3. The summed E-state index contributed by atoms with van der Waals surface area (Å²) in [7, 11) is 0. The van der Waals surface area contributed by atoms with Crippen molar-refractivity contribution in [1.82, 2.24) is 4.72 Å². The summed E-state index contributed by atoms with van der Waals surface area (Å²) >= 11 is -1.28. The number of halogens is 1. The van der Waals surface area contributed by atoms with Crippen LogP contribution in [0.3, 0.4) is 0 Å². The minimum atomic E-state index is -1.28. The van der Waals surface area contributed by atoms with Gasteiger partial charge in [-0.3, -0.25) is 0 Å². The van der Waals surface area contributed by atoms with Crippen molar-refractivity contribution < 1.29 is 14.0 Å². The van der Waals surface area contributed by atoms with E-state index in [-0.39, 0.29) is 5.56 Å². The highest BCUT2D eigenvalue weighted by atomic mass is 32.2. The van der Waals surface area contributed by atoms with E-state index in [0.29, 0.717) is 5.56 Å². The zero-order valence-electron chi connectivity index (χ0n) is 13.0. The minimum absolute atomic E-state index is 0.241. The van der Waals surface area contributed by atoms with Crippen LogP contribution in [0.5, 0.6) is 0 Å². The molecule has 20 heavy (non-hydrogen) atoms. The van der Waals surface area contributed by atoms with Gasteiger partial charge < -0.3 is 9.66 Å². The van der Waals surface area contributed by atoms with Crippen LogP contribution in [-0.4, -0.2) is 14.4 Å². The van der Waals surface area contributed by atoms with Crippen LogP contribution >= 0.6 is 0 Å². The topological polar surface area (TPSA) is 55.3 Å². The second-order valence-electron chi connectivity index (χ2n) is 6.49. The lowest BCUT2D eigenvalue weighted by Gasteiger charge is -2.27. The Kier molecular flexibility index (Phi) is 5.24. The summed E-state index contributed by atoms with van der Waals surface area (Å²) in [5.74, 6) is -0.453. The van der Waals surface area contributed by atoms with E-state index in [1.807, 2.05) is 20.8 Å². The van der Waals surface area contributed by atoms with Crippen molar-refractivity contribution in [2.45, 2.75) is 57.9 Å². The van der Waals surface area contributed by atoms with Gasteiger partial charge in [0.25, 0.3) is 0 Å². The molecule has 0 saturated carbocycles. The normalized spacial score (nSPS) is 16.1. The lowest BCUT2D eigenvalue weighted by molar-refractivity contribution is 0.0743. The molecular weight excluding hydrogens is 277 g/mol. The van der Waals surface area contributed by atoms with E-state index in [4.69, 9.17) is 0 Å². The molecule has 0 amide bonds. The number of benzene rings is 1. The highest BCUT2D eigenvalue weighted by Gasteiger charge is 2.30. The SMILES string of the molecule is C[C@@H](N[S@+]([O-])C(C)(C)C)c1cccc(C(C)(C)O)c1F. The second kappa shape index (κ2) is 6.02. The Morgan fingerprint density at radius 1 is 1.25 bits per heavy atom. The van der Waals surface area contributed by atoms with E-state index in [1.165, 1.54) is 0 Å². The zero-order valence-corrected chi connectivity index (χ0v) is 13.8. The number of nitrogens with one attached hydrogen (secondary N) is 1. The van der Waals surface area contributed by atoms with Gasteiger partial charge in [0.15, 0.2) is 0 Å². The average Bonchev–Trinajstić information content (AvgIpc) is 2.26. The molecule has 2 atom stereocenters. The van der Waals surface area contributed by atoms with Gasteiger partial charge in [0.05, 0.1) is 11.6 Å². The Morgan fingerprint density at radius 3 is 2.25 bits per heavy atom. The van der Waals surface area contributed by atoms with Gasteiger partial charge in [-0.15, -0.1) is 4.72 Å². The third-order valence-electron chi connectivity index (χ3n) is 2.99. The molecule has 0 spiro atoms. The molecule has 0 heterocycles. The van der Waals surface area contributed by atoms with E-state index >= 15 is 0 Å². The first-order chi connectivity index (χ1) is 8.94. The van der Waals surface area contributed by atoms with Crippen molar-refractivity contribution in [1.29, 1.82) is 0 Å². The molecular formula is C15H24FNO2S. The predicted molar refractivity (Wildman–Crippen MR) is 81.1 cm³/mol. The molecule has 0 aromatic heterocycles. The molecule has 1 aromatic rings. The molecule has 0 fully saturated rings. The van der Waals surface area contributed by atoms with Gasteiger partial charge in [0.2, 0.25) is 0 Å². The molecule has 0 aliphatic rings. The summed E-state index contributed by atoms with van der Waals surface area (Å²) in [5.41, 5.74) is -0.601. The standard InChI is InChI=1S/C15H24FNO2S/c1-10(17-20(19)14(2,3)4)11-8-7-9-12(13(11)16)15(5,6)18/h7-10,17-18H,1-6H3/t10-,20-/m1/s1. The van der Waals surface area contributed by atoms with Crippen LogP contribution in [0.15, 0.2) is 18.2 Å². The highest BCUT2D eigenvalue weighted by molar-refractivity contribution is 7.90. The molecule has 2 N–H and O–H groups in total. The molecule has 1 rings (SSSR count). The van der Waals surface area contributed by atoms with Gasteiger partial charge >= 0.3 is 0 Å². The molecule has 0 saturated heterocycles. The van der Waals surface area contributed by atoms with E-state index in [0.717, 1.165) is 0 Å². The fraction of sp³-hybridized carbons (Fsp3) is 0.600. The largest absolute Gasteiger partial charge is 0.598 e. The van der Waals surface area contributed by atoms with Crippen LogP contribution in [0.1, 0.15) is 58.7 Å². The first kappa shape index (κ1) is 17.4. The fourth-order valence-electron chi connectivity index (χ4n) is 1.76. The lowest BCUT2D eigenvalue weighted by Crippen LogP contribution is -2.40. The Morgan fingerprint density at radius 2 is 1.80 bits per heavy atom. The molecule has 0 aliphatic carbocycles. The second-order valence-corrected chi connectivity index (χ2v) is 8.49. The molecule has 0 aliphatic heterocycles. The molecule has 0 bridgehead atoms. The van der Waals surface area contributed by atoms with Crippen molar-refractivity contribution in [3.8, 4) is 0 Å². The van der Waals surface area contributed by atoms with Crippen LogP contribution in [0.25, 0.3) is 0 Å². The highest BCUT2D eigenvalue weighted by Crippen LogP contribution is 2.28. The van der Waals surface area contributed by atoms with Crippen LogP contribution in [-0.2, 0) is 17.0 Å². The van der Waals surface area contributed by atoms with Gasteiger partial charge in [-0.1, -0.05) is 18.2 Å². The molecule has 114 valence electrons. The molecule has 5 heteroatoms. The molecule has 0 radical (unpaired) electrons. The van der Waals surface area contributed by atoms with E-state index in [9.17, 15) is 14.0 Å². The summed E-state index contributed by atoms with van der Waals surface area (Å²) in [6, 6.07) is 4.50. The maximum Gasteiger partial charge on any atom is 0.136 e. The van der Waals surface area contributed by atoms with Gasteiger partial charge in [-0.05, 0) is 41.5 Å². The van der Waals surface area contributed by atoms with E-state index in [1.54, 1.807) is 39.0 Å². The number of hydrogen-bond donors (Lipinski definition) is 2. The Bertz CT molecular complexity index is 466. The van der Waals surface area contributed by atoms with E-state index < -0.39 is 33.6 Å². The predicted octanol–water partition coefficient (Wildman–Crippen LogP) is 3.17. The summed E-state index contributed by atoms with van der Waals surface area (Å²) in [6.45, 7) is 10.4.